The van der Waals surface area contributed by atoms with Crippen molar-refractivity contribution in [1.29, 1.82) is 0 Å². The molecule has 0 aliphatic rings. The van der Waals surface area contributed by atoms with Gasteiger partial charge in [0.25, 0.3) is 0 Å². The van der Waals surface area contributed by atoms with Crippen molar-refractivity contribution in [3.8, 4) is 5.75 Å². The Bertz CT molecular complexity index is 792. The van der Waals surface area contributed by atoms with Gasteiger partial charge in [-0.2, -0.15) is 0 Å². The topological polar surface area (TPSA) is 65.4 Å². The highest BCUT2D eigenvalue weighted by Crippen LogP contribution is 2.27. The van der Waals surface area contributed by atoms with Crippen LogP contribution in [0.2, 0.25) is 0 Å². The third-order valence-electron chi connectivity index (χ3n) is 3.50. The first-order valence-corrected chi connectivity index (χ1v) is 6.76. The second-order valence-corrected chi connectivity index (χ2v) is 4.90. The van der Waals surface area contributed by atoms with Crippen LogP contribution in [-0.2, 0) is 6.42 Å². The standard InChI is InChI=1S/C15H18N4O/c1-4-5-13-17-9(2)14-15(16)18-11-8-10(20-3)6-7-12(11)19(13)14/h6-8H,4-5H2,1-3H3,(H2,16,18). The summed E-state index contributed by atoms with van der Waals surface area (Å²) in [5.74, 6) is 2.32. The molecule has 0 atom stereocenters. The summed E-state index contributed by atoms with van der Waals surface area (Å²) >= 11 is 0. The lowest BCUT2D eigenvalue weighted by Crippen LogP contribution is -2.02. The number of aryl methyl sites for hydroxylation is 2. The van der Waals surface area contributed by atoms with Crippen molar-refractivity contribution < 1.29 is 4.74 Å². The Kier molecular flexibility index (Phi) is 2.97. The summed E-state index contributed by atoms with van der Waals surface area (Å²) in [5, 5.41) is 0. The fourth-order valence-electron chi connectivity index (χ4n) is 2.63. The number of fused-ring (bicyclic) bond motifs is 3. The summed E-state index contributed by atoms with van der Waals surface area (Å²) in [5.41, 5.74) is 9.78. The van der Waals surface area contributed by atoms with E-state index in [9.17, 15) is 0 Å². The quantitative estimate of drug-likeness (QED) is 0.794. The average molecular weight is 270 g/mol. The maximum Gasteiger partial charge on any atom is 0.150 e. The van der Waals surface area contributed by atoms with Gasteiger partial charge in [-0.1, -0.05) is 6.92 Å². The molecule has 0 spiro atoms. The van der Waals surface area contributed by atoms with E-state index in [0.717, 1.165) is 46.7 Å². The summed E-state index contributed by atoms with van der Waals surface area (Å²) in [4.78, 5) is 9.13. The Balaban J connectivity index is 2.44. The lowest BCUT2D eigenvalue weighted by Gasteiger charge is -2.09. The zero-order valence-electron chi connectivity index (χ0n) is 12.0. The minimum absolute atomic E-state index is 0.512. The normalized spacial score (nSPS) is 11.3. The predicted molar refractivity (Wildman–Crippen MR) is 80.2 cm³/mol. The van der Waals surface area contributed by atoms with E-state index < -0.39 is 0 Å². The molecule has 0 aliphatic carbocycles. The fraction of sp³-hybridized carbons (Fsp3) is 0.333. The summed E-state index contributed by atoms with van der Waals surface area (Å²) in [7, 11) is 1.65. The molecule has 0 fully saturated rings. The molecule has 0 saturated heterocycles. The summed E-state index contributed by atoms with van der Waals surface area (Å²) < 4.78 is 7.37. The van der Waals surface area contributed by atoms with Gasteiger partial charge in [0.05, 0.1) is 23.8 Å². The van der Waals surface area contributed by atoms with Gasteiger partial charge in [-0.05, 0) is 25.5 Å². The maximum atomic E-state index is 6.11. The molecule has 0 saturated carbocycles. The molecule has 1 aromatic carbocycles. The number of hydrogen-bond acceptors (Lipinski definition) is 4. The van der Waals surface area contributed by atoms with Gasteiger partial charge in [0, 0.05) is 12.5 Å². The molecule has 2 heterocycles. The Labute approximate surface area is 117 Å². The van der Waals surface area contributed by atoms with Crippen molar-refractivity contribution in [2.45, 2.75) is 26.7 Å². The monoisotopic (exact) mass is 270 g/mol. The number of aromatic nitrogens is 3. The number of nitrogens with two attached hydrogens (primary N) is 1. The van der Waals surface area contributed by atoms with Gasteiger partial charge in [0.15, 0.2) is 0 Å². The van der Waals surface area contributed by atoms with Crippen molar-refractivity contribution >= 4 is 22.4 Å². The van der Waals surface area contributed by atoms with E-state index in [1.54, 1.807) is 7.11 Å². The third-order valence-corrected chi connectivity index (χ3v) is 3.50. The van der Waals surface area contributed by atoms with Crippen molar-refractivity contribution in [3.05, 3.63) is 29.7 Å². The summed E-state index contributed by atoms with van der Waals surface area (Å²) in [6, 6.07) is 5.84. The lowest BCUT2D eigenvalue weighted by molar-refractivity contribution is 0.415. The first-order chi connectivity index (χ1) is 9.65. The zero-order chi connectivity index (χ0) is 14.3. The highest BCUT2D eigenvalue weighted by atomic mass is 16.5. The molecule has 0 aliphatic heterocycles. The number of ether oxygens (including phenoxy) is 1. The van der Waals surface area contributed by atoms with E-state index >= 15 is 0 Å². The van der Waals surface area contributed by atoms with Gasteiger partial charge in [-0.3, -0.25) is 4.40 Å². The average Bonchev–Trinajstić information content (AvgIpc) is 2.76. The van der Waals surface area contributed by atoms with Crippen LogP contribution in [0.15, 0.2) is 18.2 Å². The van der Waals surface area contributed by atoms with Crippen LogP contribution in [0.25, 0.3) is 16.6 Å². The zero-order valence-corrected chi connectivity index (χ0v) is 12.0. The largest absolute Gasteiger partial charge is 0.497 e. The number of nitrogen functional groups attached to an aromatic ring is 1. The lowest BCUT2D eigenvalue weighted by atomic mass is 10.2. The third kappa shape index (κ3) is 1.78. The molecule has 2 N–H and O–H groups in total. The molecule has 3 aromatic rings. The van der Waals surface area contributed by atoms with E-state index in [0.29, 0.717) is 5.82 Å². The number of methoxy groups -OCH3 is 1. The molecule has 20 heavy (non-hydrogen) atoms. The van der Waals surface area contributed by atoms with Crippen LogP contribution >= 0.6 is 0 Å². The van der Waals surface area contributed by atoms with Gasteiger partial charge >= 0.3 is 0 Å². The second-order valence-electron chi connectivity index (χ2n) is 4.90. The Hall–Kier alpha value is -2.30. The highest BCUT2D eigenvalue weighted by molar-refractivity contribution is 5.86. The van der Waals surface area contributed by atoms with E-state index in [4.69, 9.17) is 10.5 Å². The summed E-state index contributed by atoms with van der Waals surface area (Å²) in [6.07, 6.45) is 1.96. The van der Waals surface area contributed by atoms with Crippen LogP contribution < -0.4 is 10.5 Å². The van der Waals surface area contributed by atoms with Gasteiger partial charge in [-0.15, -0.1) is 0 Å². The molecule has 3 rings (SSSR count). The Morgan fingerprint density at radius 2 is 2.10 bits per heavy atom. The maximum absolute atomic E-state index is 6.11. The molecule has 2 aromatic heterocycles. The molecular formula is C15H18N4O. The number of hydrogen-bond donors (Lipinski definition) is 1. The van der Waals surface area contributed by atoms with Gasteiger partial charge in [0.1, 0.15) is 22.9 Å². The van der Waals surface area contributed by atoms with Gasteiger partial charge < -0.3 is 10.5 Å². The van der Waals surface area contributed by atoms with E-state index in [2.05, 4.69) is 21.3 Å². The molecule has 104 valence electrons. The SMILES string of the molecule is CCCc1nc(C)c2c(N)nc3cc(OC)ccc3n12. The fourth-order valence-corrected chi connectivity index (χ4v) is 2.63. The number of benzene rings is 1. The minimum atomic E-state index is 0.512. The van der Waals surface area contributed by atoms with Gasteiger partial charge in [-0.25, -0.2) is 9.97 Å². The van der Waals surface area contributed by atoms with E-state index in [-0.39, 0.29) is 0 Å². The van der Waals surface area contributed by atoms with E-state index in [1.165, 1.54) is 0 Å². The van der Waals surface area contributed by atoms with Crippen LogP contribution in [0.1, 0.15) is 24.9 Å². The first-order valence-electron chi connectivity index (χ1n) is 6.76. The smallest absolute Gasteiger partial charge is 0.150 e. The second kappa shape index (κ2) is 4.67. The van der Waals surface area contributed by atoms with Gasteiger partial charge in [0.2, 0.25) is 0 Å². The van der Waals surface area contributed by atoms with E-state index in [1.807, 2.05) is 25.1 Å². The molecule has 5 nitrogen and oxygen atoms in total. The highest BCUT2D eigenvalue weighted by Gasteiger charge is 2.15. The molecule has 0 unspecified atom stereocenters. The van der Waals surface area contributed by atoms with Crippen molar-refractivity contribution in [3.63, 3.8) is 0 Å². The van der Waals surface area contributed by atoms with Crippen molar-refractivity contribution in [1.82, 2.24) is 14.4 Å². The Morgan fingerprint density at radius 1 is 1.30 bits per heavy atom. The molecule has 5 heteroatoms. The molecule has 0 amide bonds. The van der Waals surface area contributed by atoms with Crippen LogP contribution in [0.4, 0.5) is 5.82 Å². The van der Waals surface area contributed by atoms with Crippen LogP contribution in [-0.4, -0.2) is 21.5 Å². The van der Waals surface area contributed by atoms with Crippen molar-refractivity contribution in [2.24, 2.45) is 0 Å². The van der Waals surface area contributed by atoms with Crippen LogP contribution in [0, 0.1) is 6.92 Å². The molecular weight excluding hydrogens is 252 g/mol. The molecule has 0 radical (unpaired) electrons. The van der Waals surface area contributed by atoms with Crippen molar-refractivity contribution in [2.75, 3.05) is 12.8 Å². The number of nitrogens with zero attached hydrogens (tertiary/aromatic N) is 3. The Morgan fingerprint density at radius 3 is 2.80 bits per heavy atom. The molecule has 0 bridgehead atoms. The predicted octanol–water partition coefficient (Wildman–Crippen LogP) is 2.73. The number of anilines is 1. The van der Waals surface area contributed by atoms with Crippen LogP contribution in [0.3, 0.4) is 0 Å². The minimum Gasteiger partial charge on any atom is -0.497 e. The first kappa shape index (κ1) is 12.7. The summed E-state index contributed by atoms with van der Waals surface area (Å²) in [6.45, 7) is 4.12. The van der Waals surface area contributed by atoms with Crippen LogP contribution in [0.5, 0.6) is 5.75 Å². The number of imidazole rings is 1. The number of rotatable bonds is 3.